The monoisotopic (exact) mass is 292 g/mol. The topological polar surface area (TPSA) is 125 Å². The lowest BCUT2D eigenvalue weighted by Gasteiger charge is -2.29. The lowest BCUT2D eigenvalue weighted by Crippen LogP contribution is -2.54. The summed E-state index contributed by atoms with van der Waals surface area (Å²) in [6.07, 6.45) is 0.189. The maximum Gasteiger partial charge on any atom is 0.547 e. The zero-order chi connectivity index (χ0) is 15.6. The number of benzene rings is 1. The zero-order valence-corrected chi connectivity index (χ0v) is 11.1. The van der Waals surface area contributed by atoms with Gasteiger partial charge in [0.15, 0.2) is 6.04 Å². The van der Waals surface area contributed by atoms with E-state index >= 15 is 0 Å². The molecule has 0 spiro atoms. The summed E-state index contributed by atoms with van der Waals surface area (Å²) in [7, 11) is -1.40. The number of amides is 1. The first kappa shape index (κ1) is 15.0. The van der Waals surface area contributed by atoms with Gasteiger partial charge in [0.1, 0.15) is 5.75 Å². The van der Waals surface area contributed by atoms with Crippen LogP contribution in [0.4, 0.5) is 0 Å². The number of carboxylic acids is 1. The Balaban J connectivity index is 2.21. The Hall–Kier alpha value is -2.42. The van der Waals surface area contributed by atoms with E-state index in [1.165, 1.54) is 13.0 Å². The molecule has 1 amide bonds. The molecular weight excluding hydrogens is 279 g/mol. The largest absolute Gasteiger partial charge is 0.547 e. The van der Waals surface area contributed by atoms with Gasteiger partial charge in [-0.2, -0.15) is 0 Å². The van der Waals surface area contributed by atoms with Crippen molar-refractivity contribution in [3.05, 3.63) is 34.2 Å². The van der Waals surface area contributed by atoms with Crippen LogP contribution in [0.3, 0.4) is 0 Å². The van der Waals surface area contributed by atoms with Crippen LogP contribution in [-0.2, 0) is 11.2 Å². The molecule has 8 nitrogen and oxygen atoms in total. The van der Waals surface area contributed by atoms with E-state index in [-0.39, 0.29) is 17.7 Å². The van der Waals surface area contributed by atoms with Crippen molar-refractivity contribution in [2.45, 2.75) is 25.3 Å². The second-order valence-electron chi connectivity index (χ2n) is 4.71. The highest BCUT2D eigenvalue weighted by Gasteiger charge is 2.38. The van der Waals surface area contributed by atoms with Gasteiger partial charge in [0.2, 0.25) is 5.91 Å². The third kappa shape index (κ3) is 3.02. The molecule has 0 aromatic heterocycles. The van der Waals surface area contributed by atoms with Crippen LogP contribution in [0.2, 0.25) is 0 Å². The van der Waals surface area contributed by atoms with E-state index in [1.807, 2.05) is 0 Å². The van der Waals surface area contributed by atoms with E-state index in [9.17, 15) is 19.5 Å². The molecule has 110 valence electrons. The molecule has 0 saturated carbocycles. The quantitative estimate of drug-likeness (QED) is 0.529. The fraction of sp³-hybridized carbons (Fsp3) is 0.333. The van der Waals surface area contributed by atoms with E-state index in [1.54, 1.807) is 12.1 Å². The van der Waals surface area contributed by atoms with Crippen molar-refractivity contribution in [1.29, 1.82) is 0 Å². The highest BCUT2D eigenvalue weighted by Crippen LogP contribution is 2.30. The fourth-order valence-electron chi connectivity index (χ4n) is 2.07. The number of carbonyl (C=O) groups is 2. The molecule has 1 aliphatic rings. The molecule has 3 N–H and O–H groups in total. The molecule has 0 aliphatic carbocycles. The number of nitrogens with one attached hydrogen (secondary N) is 1. The lowest BCUT2D eigenvalue weighted by atomic mass is 9.72. The Morgan fingerprint density at radius 1 is 1.52 bits per heavy atom. The van der Waals surface area contributed by atoms with Gasteiger partial charge in [0, 0.05) is 0 Å². The van der Waals surface area contributed by atoms with Crippen LogP contribution < -0.4 is 9.97 Å². The molecule has 0 bridgehead atoms. The summed E-state index contributed by atoms with van der Waals surface area (Å²) in [5.41, 5.74) is 0.497. The van der Waals surface area contributed by atoms with Gasteiger partial charge in [0.25, 0.3) is 0 Å². The van der Waals surface area contributed by atoms with Crippen molar-refractivity contribution in [2.24, 2.45) is 5.18 Å². The number of nitrogens with zero attached hydrogens (tertiary/aromatic N) is 1. The first-order chi connectivity index (χ1) is 9.93. The van der Waals surface area contributed by atoms with E-state index in [0.29, 0.717) is 5.56 Å². The van der Waals surface area contributed by atoms with Crippen molar-refractivity contribution in [1.82, 2.24) is 5.32 Å². The number of hydrogen-bond donors (Lipinski definition) is 3. The molecule has 1 aromatic carbocycles. The summed E-state index contributed by atoms with van der Waals surface area (Å²) in [5, 5.41) is 24.0. The third-order valence-corrected chi connectivity index (χ3v) is 3.21. The summed E-state index contributed by atoms with van der Waals surface area (Å²) in [6, 6.07) is 3.49. The maximum absolute atomic E-state index is 11.6. The van der Waals surface area contributed by atoms with Gasteiger partial charge >= 0.3 is 13.1 Å². The summed E-state index contributed by atoms with van der Waals surface area (Å²) in [5.74, 6) is -2.49. The average molecular weight is 292 g/mol. The molecule has 0 fully saturated rings. The minimum Gasteiger partial charge on any atom is -0.534 e. The van der Waals surface area contributed by atoms with E-state index in [2.05, 4.69) is 10.5 Å². The first-order valence-electron chi connectivity index (χ1n) is 6.26. The molecular formula is C12H13BN2O6. The van der Waals surface area contributed by atoms with Gasteiger partial charge in [-0.05, 0) is 25.0 Å². The van der Waals surface area contributed by atoms with Crippen molar-refractivity contribution < 1.29 is 24.4 Å². The normalized spacial score (nSPS) is 18.2. The molecule has 21 heavy (non-hydrogen) atoms. The minimum absolute atomic E-state index is 0.0562. The van der Waals surface area contributed by atoms with Gasteiger partial charge in [-0.15, -0.1) is 4.91 Å². The van der Waals surface area contributed by atoms with Gasteiger partial charge in [-0.3, -0.25) is 4.79 Å². The Morgan fingerprint density at radius 2 is 2.24 bits per heavy atom. The molecule has 1 aromatic rings. The zero-order valence-electron chi connectivity index (χ0n) is 11.1. The van der Waals surface area contributed by atoms with Crippen LogP contribution in [0.5, 0.6) is 5.75 Å². The SMILES string of the molecule is CC(N=O)C(=O)NC1Cc2cccc(C(=O)O)c2OB1O. The predicted molar refractivity (Wildman–Crippen MR) is 72.9 cm³/mol. The Kier molecular flexibility index (Phi) is 4.22. The van der Waals surface area contributed by atoms with Crippen LogP contribution in [0, 0.1) is 4.91 Å². The Morgan fingerprint density at radius 3 is 2.86 bits per heavy atom. The number of nitroso groups, excluding NO2 is 1. The smallest absolute Gasteiger partial charge is 0.534 e. The van der Waals surface area contributed by atoms with E-state index < -0.39 is 31.0 Å². The second kappa shape index (κ2) is 5.92. The Bertz CT molecular complexity index is 593. The van der Waals surface area contributed by atoms with Crippen molar-refractivity contribution in [3.63, 3.8) is 0 Å². The molecule has 1 heterocycles. The number of rotatable bonds is 4. The summed E-state index contributed by atoms with van der Waals surface area (Å²) in [6.45, 7) is 1.33. The van der Waals surface area contributed by atoms with Crippen LogP contribution in [0.1, 0.15) is 22.8 Å². The molecule has 0 radical (unpaired) electrons. The Labute approximate surface area is 120 Å². The van der Waals surface area contributed by atoms with Gasteiger partial charge in [0.05, 0.1) is 11.5 Å². The van der Waals surface area contributed by atoms with Crippen molar-refractivity contribution >= 4 is 19.0 Å². The molecule has 2 rings (SSSR count). The van der Waals surface area contributed by atoms with Gasteiger partial charge < -0.3 is 20.1 Å². The standard InChI is InChI=1S/C12H13BN2O6/c1-6(15-20)11(16)14-9-5-7-3-2-4-8(12(17)18)10(7)21-13(9)19/h2-4,6,9,19H,5H2,1H3,(H,14,16)(H,17,18). The third-order valence-electron chi connectivity index (χ3n) is 3.21. The van der Waals surface area contributed by atoms with Crippen molar-refractivity contribution in [3.8, 4) is 5.75 Å². The van der Waals surface area contributed by atoms with E-state index in [4.69, 9.17) is 9.76 Å². The lowest BCUT2D eigenvalue weighted by molar-refractivity contribution is -0.122. The van der Waals surface area contributed by atoms with Crippen LogP contribution in [-0.4, -0.2) is 41.1 Å². The number of fused-ring (bicyclic) bond motifs is 1. The van der Waals surface area contributed by atoms with Crippen LogP contribution >= 0.6 is 0 Å². The van der Waals surface area contributed by atoms with E-state index in [0.717, 1.165) is 0 Å². The molecule has 0 saturated heterocycles. The van der Waals surface area contributed by atoms with Gasteiger partial charge in [-0.25, -0.2) is 4.79 Å². The van der Waals surface area contributed by atoms with Crippen LogP contribution in [0.25, 0.3) is 0 Å². The fourth-order valence-corrected chi connectivity index (χ4v) is 2.07. The predicted octanol–water partition coefficient (Wildman–Crippen LogP) is -0.0209. The highest BCUT2D eigenvalue weighted by molar-refractivity contribution is 6.47. The minimum atomic E-state index is -1.40. The summed E-state index contributed by atoms with van der Waals surface area (Å²) < 4.78 is 5.20. The number of aromatic carboxylic acids is 1. The summed E-state index contributed by atoms with van der Waals surface area (Å²) in [4.78, 5) is 33.0. The molecule has 2 unspecified atom stereocenters. The first-order valence-corrected chi connectivity index (χ1v) is 6.26. The molecule has 1 aliphatic heterocycles. The summed E-state index contributed by atoms with van der Waals surface area (Å²) >= 11 is 0. The number of carbonyl (C=O) groups excluding carboxylic acids is 1. The molecule has 9 heteroatoms. The highest BCUT2D eigenvalue weighted by atomic mass is 16.5. The molecule has 2 atom stereocenters. The average Bonchev–Trinajstić information content (AvgIpc) is 2.46. The number of carboxylic acid groups (broad SMARTS) is 1. The maximum atomic E-state index is 11.6. The number of hydrogen-bond acceptors (Lipinski definition) is 6. The van der Waals surface area contributed by atoms with Gasteiger partial charge in [-0.1, -0.05) is 17.3 Å². The van der Waals surface area contributed by atoms with Crippen molar-refractivity contribution in [2.75, 3.05) is 0 Å². The second-order valence-corrected chi connectivity index (χ2v) is 4.71. The number of para-hydroxylation sites is 1. The van der Waals surface area contributed by atoms with Crippen LogP contribution in [0.15, 0.2) is 23.4 Å².